The van der Waals surface area contributed by atoms with Gasteiger partial charge in [-0.05, 0) is 38.0 Å². The first kappa shape index (κ1) is 30.0. The molecule has 1 unspecified atom stereocenters. The Morgan fingerprint density at radius 1 is 0.865 bits per heavy atom. The monoisotopic (exact) mass is 534 g/mol. The van der Waals surface area contributed by atoms with E-state index in [4.69, 9.17) is 14.2 Å². The van der Waals surface area contributed by atoms with E-state index < -0.39 is 0 Å². The number of nitrogens with zero attached hydrogens (tertiary/aromatic N) is 2. The number of esters is 1. The highest BCUT2D eigenvalue weighted by molar-refractivity contribution is 8.00. The number of carbonyl (C=O) groups is 1. The van der Waals surface area contributed by atoms with Crippen LogP contribution in [0.5, 0.6) is 11.8 Å². The summed E-state index contributed by atoms with van der Waals surface area (Å²) in [5.74, 6) is 2.40. The van der Waals surface area contributed by atoms with Crippen LogP contribution in [-0.2, 0) is 9.53 Å². The number of unbranched alkanes of at least 4 members (excludes halogenated alkanes) is 1. The predicted octanol–water partition coefficient (Wildman–Crippen LogP) is 8.17. The van der Waals surface area contributed by atoms with Gasteiger partial charge in [-0.3, -0.25) is 4.79 Å². The lowest BCUT2D eigenvalue weighted by molar-refractivity contribution is -0.142. The van der Waals surface area contributed by atoms with Gasteiger partial charge in [0, 0.05) is 0 Å². The predicted molar refractivity (Wildman–Crippen MR) is 150 cm³/mol. The van der Waals surface area contributed by atoms with Crippen molar-refractivity contribution in [2.24, 2.45) is 11.8 Å². The summed E-state index contributed by atoms with van der Waals surface area (Å²) in [5.41, 5.74) is 0. The lowest BCUT2D eigenvalue weighted by Crippen LogP contribution is -2.21. The van der Waals surface area contributed by atoms with Crippen LogP contribution in [0.4, 0.5) is 0 Å². The van der Waals surface area contributed by atoms with Crippen LogP contribution in [0.1, 0.15) is 123 Å². The van der Waals surface area contributed by atoms with E-state index in [0.717, 1.165) is 43.9 Å². The second-order valence-electron chi connectivity index (χ2n) is 10.8. The van der Waals surface area contributed by atoms with E-state index in [1.54, 1.807) is 0 Å². The molecular weight excluding hydrogens is 484 g/mol. The summed E-state index contributed by atoms with van der Waals surface area (Å²) in [6.07, 6.45) is 20.9. The quantitative estimate of drug-likeness (QED) is 0.0972. The SMILES string of the molecule is CCCCC(Sc1nc(OCCC2CCCCCC2)cc(OCCC2CCCCCC2)n1)C(=O)OCC. The van der Waals surface area contributed by atoms with Crippen molar-refractivity contribution in [2.45, 2.75) is 133 Å². The highest BCUT2D eigenvalue weighted by atomic mass is 32.2. The Morgan fingerprint density at radius 2 is 1.38 bits per heavy atom. The third-order valence-electron chi connectivity index (χ3n) is 7.78. The first-order valence-electron chi connectivity index (χ1n) is 15.2. The highest BCUT2D eigenvalue weighted by Gasteiger charge is 2.23. The van der Waals surface area contributed by atoms with Gasteiger partial charge in [-0.25, -0.2) is 0 Å². The highest BCUT2D eigenvalue weighted by Crippen LogP contribution is 2.31. The zero-order valence-electron chi connectivity index (χ0n) is 23.4. The van der Waals surface area contributed by atoms with Gasteiger partial charge < -0.3 is 14.2 Å². The average Bonchev–Trinajstić information content (AvgIpc) is 3.32. The van der Waals surface area contributed by atoms with Gasteiger partial charge in [-0.15, -0.1) is 0 Å². The van der Waals surface area contributed by atoms with Gasteiger partial charge in [-0.2, -0.15) is 9.97 Å². The molecule has 1 aromatic rings. The smallest absolute Gasteiger partial charge is 0.319 e. The molecule has 0 bridgehead atoms. The van der Waals surface area contributed by atoms with Gasteiger partial charge in [0.2, 0.25) is 11.8 Å². The number of rotatable bonds is 15. The van der Waals surface area contributed by atoms with Gasteiger partial charge in [0.1, 0.15) is 5.25 Å². The Kier molecular flexibility index (Phi) is 14.5. The number of carbonyl (C=O) groups excluding carboxylic acids is 1. The number of ether oxygens (including phenoxy) is 3. The molecule has 2 saturated carbocycles. The minimum absolute atomic E-state index is 0.194. The van der Waals surface area contributed by atoms with Crippen LogP contribution in [-0.4, -0.2) is 41.0 Å². The third-order valence-corrected chi connectivity index (χ3v) is 8.88. The molecule has 0 amide bonds. The maximum Gasteiger partial charge on any atom is 0.319 e. The van der Waals surface area contributed by atoms with Crippen LogP contribution in [0.25, 0.3) is 0 Å². The minimum atomic E-state index is -0.319. The van der Waals surface area contributed by atoms with Crippen molar-refractivity contribution in [1.29, 1.82) is 0 Å². The fourth-order valence-corrected chi connectivity index (χ4v) is 6.52. The fraction of sp³-hybridized carbons (Fsp3) is 0.833. The number of hydrogen-bond acceptors (Lipinski definition) is 7. The molecule has 0 radical (unpaired) electrons. The van der Waals surface area contributed by atoms with Crippen LogP contribution in [0, 0.1) is 11.8 Å². The number of thioether (sulfide) groups is 1. The fourth-order valence-electron chi connectivity index (χ4n) is 5.53. The van der Waals surface area contributed by atoms with Gasteiger partial charge in [0.15, 0.2) is 5.16 Å². The summed E-state index contributed by atoms with van der Waals surface area (Å²) in [5, 5.41) is 0.213. The van der Waals surface area contributed by atoms with Crippen LogP contribution in [0.2, 0.25) is 0 Å². The molecule has 0 saturated heterocycles. The molecular formula is C30H50N2O4S. The van der Waals surface area contributed by atoms with Crippen molar-refractivity contribution in [3.8, 4) is 11.8 Å². The minimum Gasteiger partial charge on any atom is -0.477 e. The van der Waals surface area contributed by atoms with E-state index in [1.165, 1.54) is 88.8 Å². The van der Waals surface area contributed by atoms with E-state index in [1.807, 2.05) is 13.0 Å². The molecule has 0 N–H and O–H groups in total. The molecule has 1 heterocycles. The largest absolute Gasteiger partial charge is 0.477 e. The maximum absolute atomic E-state index is 12.6. The van der Waals surface area contributed by atoms with Crippen LogP contribution in [0.15, 0.2) is 11.2 Å². The van der Waals surface area contributed by atoms with Gasteiger partial charge >= 0.3 is 5.97 Å². The summed E-state index contributed by atoms with van der Waals surface area (Å²) in [6.45, 7) is 5.67. The van der Waals surface area contributed by atoms with Crippen molar-refractivity contribution in [1.82, 2.24) is 9.97 Å². The Balaban J connectivity index is 1.64. The lowest BCUT2D eigenvalue weighted by atomic mass is 9.97. The molecule has 0 spiro atoms. The second kappa shape index (κ2) is 17.9. The lowest BCUT2D eigenvalue weighted by Gasteiger charge is -2.17. The zero-order valence-corrected chi connectivity index (χ0v) is 24.2. The normalized spacial score (nSPS) is 18.5. The van der Waals surface area contributed by atoms with Crippen molar-refractivity contribution in [2.75, 3.05) is 19.8 Å². The second-order valence-corrected chi connectivity index (χ2v) is 12.0. The molecule has 2 aliphatic carbocycles. The third kappa shape index (κ3) is 11.8. The van der Waals surface area contributed by atoms with E-state index >= 15 is 0 Å². The van der Waals surface area contributed by atoms with Gasteiger partial charge in [-0.1, -0.05) is 109 Å². The molecule has 2 aliphatic rings. The standard InChI is InChI=1S/C30H50N2O4S/c1-3-5-18-26(29(33)34-4-2)37-30-31-27(35-21-19-24-14-10-6-7-11-15-24)23-28(32-30)36-22-20-25-16-12-8-9-13-17-25/h23-26H,3-22H2,1-2H3. The summed E-state index contributed by atoms with van der Waals surface area (Å²) in [4.78, 5) is 22.0. The summed E-state index contributed by atoms with van der Waals surface area (Å²) in [7, 11) is 0. The maximum atomic E-state index is 12.6. The summed E-state index contributed by atoms with van der Waals surface area (Å²) >= 11 is 1.38. The van der Waals surface area contributed by atoms with E-state index in [0.29, 0.717) is 36.7 Å². The van der Waals surface area contributed by atoms with Crippen molar-refractivity contribution in [3.63, 3.8) is 0 Å². The van der Waals surface area contributed by atoms with Crippen LogP contribution < -0.4 is 9.47 Å². The molecule has 3 rings (SSSR count). The molecule has 0 aromatic carbocycles. The van der Waals surface area contributed by atoms with E-state index in [-0.39, 0.29) is 11.2 Å². The molecule has 37 heavy (non-hydrogen) atoms. The summed E-state index contributed by atoms with van der Waals surface area (Å²) in [6, 6.07) is 1.83. The van der Waals surface area contributed by atoms with E-state index in [2.05, 4.69) is 16.9 Å². The molecule has 1 aromatic heterocycles. The van der Waals surface area contributed by atoms with Crippen LogP contribution >= 0.6 is 11.8 Å². The average molecular weight is 535 g/mol. The molecule has 6 nitrogen and oxygen atoms in total. The van der Waals surface area contributed by atoms with Crippen LogP contribution in [0.3, 0.4) is 0 Å². The molecule has 1 atom stereocenters. The number of aromatic nitrogens is 2. The first-order chi connectivity index (χ1) is 18.2. The first-order valence-corrected chi connectivity index (χ1v) is 16.0. The molecule has 210 valence electrons. The van der Waals surface area contributed by atoms with Crippen molar-refractivity contribution >= 4 is 17.7 Å². The topological polar surface area (TPSA) is 70.5 Å². The number of hydrogen-bond donors (Lipinski definition) is 0. The van der Waals surface area contributed by atoms with E-state index in [9.17, 15) is 4.79 Å². The summed E-state index contributed by atoms with van der Waals surface area (Å²) < 4.78 is 17.6. The van der Waals surface area contributed by atoms with Gasteiger partial charge in [0.05, 0.1) is 25.9 Å². The van der Waals surface area contributed by atoms with Crippen molar-refractivity contribution < 1.29 is 19.0 Å². The Morgan fingerprint density at radius 3 is 1.84 bits per heavy atom. The molecule has 7 heteroatoms. The van der Waals surface area contributed by atoms with Gasteiger partial charge in [0.25, 0.3) is 0 Å². The molecule has 0 aliphatic heterocycles. The molecule has 2 fully saturated rings. The Bertz CT molecular complexity index is 718. The van der Waals surface area contributed by atoms with Crippen molar-refractivity contribution in [3.05, 3.63) is 6.07 Å². The zero-order chi connectivity index (χ0) is 26.1. The Labute approximate surface area is 229 Å². The Hall–Kier alpha value is -1.50.